The van der Waals surface area contributed by atoms with Crippen molar-refractivity contribution in [3.05, 3.63) is 63.5 Å². The first kappa shape index (κ1) is 18.2. The standard InChI is InChI=1S/C17H20N4O4/c1-12-9-13(6-7-15(12)21(24)25)17(23)18-10-16(22)20(3)11-14-5-4-8-19(14)2/h4-9H,10-11H2,1-3H3,(H,18,23). The molecule has 0 spiro atoms. The van der Waals surface area contributed by atoms with Crippen molar-refractivity contribution >= 4 is 17.5 Å². The Morgan fingerprint density at radius 1 is 1.32 bits per heavy atom. The van der Waals surface area contributed by atoms with E-state index in [0.717, 1.165) is 5.69 Å². The Labute approximate surface area is 145 Å². The minimum Gasteiger partial charge on any atom is -0.353 e. The van der Waals surface area contributed by atoms with Crippen molar-refractivity contribution < 1.29 is 14.5 Å². The molecule has 0 aliphatic heterocycles. The van der Waals surface area contributed by atoms with Crippen molar-refractivity contribution in [1.29, 1.82) is 0 Å². The molecule has 132 valence electrons. The van der Waals surface area contributed by atoms with Crippen molar-refractivity contribution in [2.75, 3.05) is 13.6 Å². The first-order valence-corrected chi connectivity index (χ1v) is 7.67. The predicted molar refractivity (Wildman–Crippen MR) is 92.1 cm³/mol. The Morgan fingerprint density at radius 3 is 2.60 bits per heavy atom. The fourth-order valence-corrected chi connectivity index (χ4v) is 2.39. The molecule has 1 N–H and O–H groups in total. The summed E-state index contributed by atoms with van der Waals surface area (Å²) in [6.45, 7) is 1.86. The lowest BCUT2D eigenvalue weighted by molar-refractivity contribution is -0.385. The van der Waals surface area contributed by atoms with Crippen molar-refractivity contribution in [2.45, 2.75) is 13.5 Å². The van der Waals surface area contributed by atoms with Gasteiger partial charge < -0.3 is 14.8 Å². The zero-order chi connectivity index (χ0) is 18.6. The van der Waals surface area contributed by atoms with Crippen LogP contribution in [0, 0.1) is 17.0 Å². The molecular formula is C17H20N4O4. The highest BCUT2D eigenvalue weighted by molar-refractivity contribution is 5.96. The van der Waals surface area contributed by atoms with Crippen LogP contribution >= 0.6 is 0 Å². The summed E-state index contributed by atoms with van der Waals surface area (Å²) >= 11 is 0. The maximum absolute atomic E-state index is 12.1. The number of nitrogens with zero attached hydrogens (tertiary/aromatic N) is 3. The van der Waals surface area contributed by atoms with Crippen LogP contribution in [0.2, 0.25) is 0 Å². The molecule has 0 aliphatic carbocycles. The first-order chi connectivity index (χ1) is 11.8. The van der Waals surface area contributed by atoms with Gasteiger partial charge in [-0.3, -0.25) is 19.7 Å². The third-order valence-electron chi connectivity index (χ3n) is 3.93. The van der Waals surface area contributed by atoms with Crippen molar-refractivity contribution in [2.24, 2.45) is 7.05 Å². The molecule has 1 aromatic carbocycles. The first-order valence-electron chi connectivity index (χ1n) is 7.67. The number of benzene rings is 1. The molecule has 2 aromatic rings. The summed E-state index contributed by atoms with van der Waals surface area (Å²) < 4.78 is 1.92. The molecule has 2 rings (SSSR count). The Morgan fingerprint density at radius 2 is 2.04 bits per heavy atom. The van der Waals surface area contributed by atoms with E-state index < -0.39 is 10.8 Å². The van der Waals surface area contributed by atoms with Crippen molar-refractivity contribution in [1.82, 2.24) is 14.8 Å². The number of nitrogens with one attached hydrogen (secondary N) is 1. The van der Waals surface area contributed by atoms with Gasteiger partial charge in [-0.15, -0.1) is 0 Å². The summed E-state index contributed by atoms with van der Waals surface area (Å²) in [6.07, 6.45) is 1.90. The van der Waals surface area contributed by atoms with Crippen LogP contribution < -0.4 is 5.32 Å². The summed E-state index contributed by atoms with van der Waals surface area (Å²) in [5.41, 5.74) is 1.61. The molecule has 1 heterocycles. The molecule has 0 fully saturated rings. The van der Waals surface area contributed by atoms with Crippen LogP contribution in [0.3, 0.4) is 0 Å². The van der Waals surface area contributed by atoms with Gasteiger partial charge in [-0.2, -0.15) is 0 Å². The van der Waals surface area contributed by atoms with E-state index in [-0.39, 0.29) is 23.7 Å². The molecular weight excluding hydrogens is 324 g/mol. The topological polar surface area (TPSA) is 97.5 Å². The van der Waals surface area contributed by atoms with Gasteiger partial charge >= 0.3 is 0 Å². The van der Waals surface area contributed by atoms with E-state index in [1.165, 1.54) is 23.1 Å². The molecule has 8 heteroatoms. The van der Waals surface area contributed by atoms with Gasteiger partial charge in [0.05, 0.1) is 18.0 Å². The monoisotopic (exact) mass is 344 g/mol. The van der Waals surface area contributed by atoms with Crippen LogP contribution in [-0.4, -0.2) is 39.8 Å². The van der Waals surface area contributed by atoms with E-state index in [4.69, 9.17) is 0 Å². The number of hydrogen-bond acceptors (Lipinski definition) is 4. The molecule has 0 atom stereocenters. The number of nitro groups is 1. The number of carbonyl (C=O) groups excluding carboxylic acids is 2. The SMILES string of the molecule is Cc1cc(C(=O)NCC(=O)N(C)Cc2cccn2C)ccc1[N+](=O)[O-]. The Kier molecular flexibility index (Phi) is 5.53. The van der Waals surface area contributed by atoms with E-state index >= 15 is 0 Å². The molecule has 0 unspecified atom stereocenters. The van der Waals surface area contributed by atoms with Crippen LogP contribution in [-0.2, 0) is 18.4 Å². The summed E-state index contributed by atoms with van der Waals surface area (Å²) in [7, 11) is 3.56. The number of amides is 2. The Bertz CT molecular complexity index is 813. The second-order valence-corrected chi connectivity index (χ2v) is 5.80. The van der Waals surface area contributed by atoms with Gasteiger partial charge in [0.1, 0.15) is 0 Å². The van der Waals surface area contributed by atoms with Crippen molar-refractivity contribution in [3.63, 3.8) is 0 Å². The molecule has 0 saturated heterocycles. The Balaban J connectivity index is 1.93. The van der Waals surface area contributed by atoms with E-state index in [2.05, 4.69) is 5.32 Å². The van der Waals surface area contributed by atoms with Gasteiger partial charge in [0.25, 0.3) is 11.6 Å². The van der Waals surface area contributed by atoms with Crippen LogP contribution in [0.25, 0.3) is 0 Å². The lowest BCUT2D eigenvalue weighted by atomic mass is 10.1. The second-order valence-electron chi connectivity index (χ2n) is 5.80. The van der Waals surface area contributed by atoms with Gasteiger partial charge in [0, 0.05) is 43.2 Å². The van der Waals surface area contributed by atoms with Crippen LogP contribution in [0.1, 0.15) is 21.6 Å². The van der Waals surface area contributed by atoms with Crippen LogP contribution in [0.15, 0.2) is 36.5 Å². The summed E-state index contributed by atoms with van der Waals surface area (Å²) in [5.74, 6) is -0.674. The number of rotatable bonds is 6. The lowest BCUT2D eigenvalue weighted by Crippen LogP contribution is -2.38. The second kappa shape index (κ2) is 7.61. The van der Waals surface area contributed by atoms with Gasteiger partial charge in [0.2, 0.25) is 5.91 Å². The predicted octanol–water partition coefficient (Wildman–Crippen LogP) is 1.63. The molecule has 0 saturated carbocycles. The highest BCUT2D eigenvalue weighted by atomic mass is 16.6. The largest absolute Gasteiger partial charge is 0.353 e. The number of aromatic nitrogens is 1. The maximum atomic E-state index is 12.1. The number of carbonyl (C=O) groups is 2. The smallest absolute Gasteiger partial charge is 0.272 e. The maximum Gasteiger partial charge on any atom is 0.272 e. The minimum absolute atomic E-state index is 0.0464. The van der Waals surface area contributed by atoms with E-state index in [0.29, 0.717) is 12.1 Å². The average Bonchev–Trinajstić information content (AvgIpc) is 2.96. The molecule has 2 amide bonds. The van der Waals surface area contributed by atoms with Crippen LogP contribution in [0.5, 0.6) is 0 Å². The average molecular weight is 344 g/mol. The summed E-state index contributed by atoms with van der Waals surface area (Å²) in [4.78, 5) is 36.1. The molecule has 1 aromatic heterocycles. The van der Waals surface area contributed by atoms with Crippen molar-refractivity contribution in [3.8, 4) is 0 Å². The molecule has 8 nitrogen and oxygen atoms in total. The van der Waals surface area contributed by atoms with Gasteiger partial charge in [-0.05, 0) is 31.2 Å². The quantitative estimate of drug-likeness (QED) is 0.636. The fourth-order valence-electron chi connectivity index (χ4n) is 2.39. The number of likely N-dealkylation sites (N-methyl/N-ethyl adjacent to an activating group) is 1. The fraction of sp³-hybridized carbons (Fsp3) is 0.294. The lowest BCUT2D eigenvalue weighted by Gasteiger charge is -2.18. The number of hydrogen-bond donors (Lipinski definition) is 1. The van der Waals surface area contributed by atoms with E-state index in [9.17, 15) is 19.7 Å². The molecule has 25 heavy (non-hydrogen) atoms. The normalized spacial score (nSPS) is 10.4. The third-order valence-corrected chi connectivity index (χ3v) is 3.93. The van der Waals surface area contributed by atoms with Crippen LogP contribution in [0.4, 0.5) is 5.69 Å². The highest BCUT2D eigenvalue weighted by Gasteiger charge is 2.16. The molecule has 0 radical (unpaired) electrons. The van der Waals surface area contributed by atoms with Gasteiger partial charge in [-0.1, -0.05) is 0 Å². The minimum atomic E-state index is -0.501. The van der Waals surface area contributed by atoms with E-state index in [1.54, 1.807) is 14.0 Å². The molecule has 0 bridgehead atoms. The number of aryl methyl sites for hydroxylation is 2. The summed E-state index contributed by atoms with van der Waals surface area (Å²) in [5, 5.41) is 13.3. The highest BCUT2D eigenvalue weighted by Crippen LogP contribution is 2.18. The van der Waals surface area contributed by atoms with Gasteiger partial charge in [0.15, 0.2) is 0 Å². The molecule has 0 aliphatic rings. The third kappa shape index (κ3) is 4.43. The zero-order valence-electron chi connectivity index (χ0n) is 14.4. The Hall–Kier alpha value is -3.16. The zero-order valence-corrected chi connectivity index (χ0v) is 14.4. The number of nitro benzene ring substituents is 1. The van der Waals surface area contributed by atoms with E-state index in [1.807, 2.05) is 29.9 Å². The summed E-state index contributed by atoms with van der Waals surface area (Å²) in [6, 6.07) is 7.91. The van der Waals surface area contributed by atoms with Gasteiger partial charge in [-0.25, -0.2) is 0 Å².